The minimum absolute atomic E-state index is 0.0239. The molecular formula is C26H54Cl3O15P3. The van der Waals surface area contributed by atoms with Crippen molar-refractivity contribution in [2.24, 2.45) is 11.8 Å². The van der Waals surface area contributed by atoms with E-state index in [9.17, 15) is 32.9 Å². The molecule has 0 saturated carbocycles. The molecule has 0 aliphatic rings. The van der Waals surface area contributed by atoms with E-state index in [4.69, 9.17) is 57.7 Å². The van der Waals surface area contributed by atoms with Crippen LogP contribution in [0.1, 0.15) is 55.4 Å². The predicted molar refractivity (Wildman–Crippen MR) is 184 cm³/mol. The highest BCUT2D eigenvalue weighted by Gasteiger charge is 2.21. The fourth-order valence-corrected chi connectivity index (χ4v) is 3.41. The molecule has 0 aromatic heterocycles. The lowest BCUT2D eigenvalue weighted by atomic mass is 10.2. The molecule has 5 atom stereocenters. The van der Waals surface area contributed by atoms with Crippen LogP contribution in [0.25, 0.3) is 0 Å². The molecule has 0 spiro atoms. The average Bonchev–Trinajstić information content (AvgIpc) is 2.90. The van der Waals surface area contributed by atoms with Crippen molar-refractivity contribution in [1.82, 2.24) is 0 Å². The van der Waals surface area contributed by atoms with Crippen LogP contribution in [0.3, 0.4) is 0 Å². The lowest BCUT2D eigenvalue weighted by Gasteiger charge is -2.14. The first-order valence-corrected chi connectivity index (χ1v) is 23.7. The van der Waals surface area contributed by atoms with Crippen LogP contribution in [0.2, 0.25) is 0 Å². The van der Waals surface area contributed by atoms with Crippen molar-refractivity contribution < 1.29 is 71.1 Å². The van der Waals surface area contributed by atoms with Crippen LogP contribution >= 0.6 is 53.7 Å². The summed E-state index contributed by atoms with van der Waals surface area (Å²) in [5, 5.41) is 16.9. The van der Waals surface area contributed by atoms with Gasteiger partial charge in [0.2, 0.25) is 5.85 Å². The van der Waals surface area contributed by atoms with Gasteiger partial charge in [0.25, 0.3) is 6.72 Å². The third kappa shape index (κ3) is 52.3. The van der Waals surface area contributed by atoms with Crippen LogP contribution in [0.5, 0.6) is 0 Å². The number of carbonyl (C=O) groups is 4. The number of rotatable bonds is 14. The Morgan fingerprint density at radius 2 is 0.957 bits per heavy atom. The normalized spacial score (nSPS) is 14.3. The highest BCUT2D eigenvalue weighted by atomic mass is 35.9. The van der Waals surface area contributed by atoms with Crippen molar-refractivity contribution >= 4 is 77.5 Å². The molecule has 0 aliphatic carbocycles. The van der Waals surface area contributed by atoms with Crippen LogP contribution in [0, 0.1) is 11.8 Å². The first-order chi connectivity index (χ1) is 21.1. The van der Waals surface area contributed by atoms with Gasteiger partial charge in [0.1, 0.15) is 6.10 Å². The van der Waals surface area contributed by atoms with Crippen molar-refractivity contribution in [1.29, 1.82) is 0 Å². The van der Waals surface area contributed by atoms with Gasteiger partial charge in [-0.2, -0.15) is 0 Å². The molecule has 0 saturated heterocycles. The molecule has 0 radical (unpaired) electrons. The molecule has 0 aliphatic heterocycles. The summed E-state index contributed by atoms with van der Waals surface area (Å²) >= 11 is 15.0. The van der Waals surface area contributed by atoms with Gasteiger partial charge in [-0.05, 0) is 89.1 Å². The molecule has 15 nitrogen and oxygen atoms in total. The molecular weight excluding hydrogens is 752 g/mol. The fraction of sp³-hybridized carbons (Fsp3) is 0.846. The summed E-state index contributed by atoms with van der Waals surface area (Å²) in [6.45, 7) is 16.7. The van der Waals surface area contributed by atoms with E-state index >= 15 is 0 Å². The van der Waals surface area contributed by atoms with E-state index in [1.807, 2.05) is 0 Å². The lowest BCUT2D eigenvalue weighted by molar-refractivity contribution is -0.152. The molecule has 21 heteroatoms. The second kappa shape index (κ2) is 31.3. The van der Waals surface area contributed by atoms with Gasteiger partial charge in [-0.1, -0.05) is 0 Å². The second-order valence-corrected chi connectivity index (χ2v) is 21.6. The number of carbonyl (C=O) groups excluding carboxylic acids is 4. The second-order valence-electron chi connectivity index (χ2n) is 9.43. The lowest BCUT2D eigenvalue weighted by Crippen LogP contribution is -2.21. The standard InChI is InChI=1S/C7H14ClO4P.C7H15O4P.C6H12O3.C5H10O3.CH3Cl2OP/c1-4-11-7(9)6(2)5-12-13(3,8)10;1-5-10-7(8)6(2)11-12(3,4)9;1-3-9-6(8)5(2)4-7;1-3-8-5(7)4(2)6;1-5(2,3)4/h6H,4-5H2,1-3H3;6H,5H2,1-4H3;5,7H,3-4H2,1-2H3;4,6H,3H2,1-2H3;1H3. The Kier molecular flexibility index (Phi) is 37.1. The fourth-order valence-electron chi connectivity index (χ4n) is 1.90. The Morgan fingerprint density at radius 1 is 0.638 bits per heavy atom. The smallest absolute Gasteiger partial charge is 0.335 e. The number of aliphatic hydroxyl groups excluding tert-OH is 2. The third-order valence-corrected chi connectivity index (χ3v) is 5.59. The summed E-state index contributed by atoms with van der Waals surface area (Å²) in [6, 6.07) is 0. The molecule has 0 amide bonds. The summed E-state index contributed by atoms with van der Waals surface area (Å²) in [5.74, 6) is -5.25. The maximum absolute atomic E-state index is 11.1. The monoisotopic (exact) mass is 804 g/mol. The van der Waals surface area contributed by atoms with Crippen molar-refractivity contribution in [3.8, 4) is 0 Å². The number of hydrogen-bond acceptors (Lipinski definition) is 15. The Morgan fingerprint density at radius 3 is 1.21 bits per heavy atom. The van der Waals surface area contributed by atoms with Crippen LogP contribution in [0.4, 0.5) is 0 Å². The molecule has 0 aromatic carbocycles. The quantitative estimate of drug-likeness (QED) is 0.114. The van der Waals surface area contributed by atoms with Crippen molar-refractivity contribution in [3.63, 3.8) is 0 Å². The summed E-state index contributed by atoms with van der Waals surface area (Å²) < 4.78 is 59.8. The highest BCUT2D eigenvalue weighted by molar-refractivity contribution is 8.08. The number of hydrogen-bond donors (Lipinski definition) is 2. The van der Waals surface area contributed by atoms with Crippen molar-refractivity contribution in [2.45, 2.75) is 67.6 Å². The van der Waals surface area contributed by atoms with Gasteiger partial charge in [-0.25, -0.2) is 9.59 Å². The van der Waals surface area contributed by atoms with Gasteiger partial charge in [-0.15, -0.1) is 0 Å². The molecule has 47 heavy (non-hydrogen) atoms. The molecule has 0 fully saturated rings. The van der Waals surface area contributed by atoms with Gasteiger partial charge in [0.15, 0.2) is 13.5 Å². The molecule has 5 unspecified atom stereocenters. The Labute approximate surface area is 293 Å². The van der Waals surface area contributed by atoms with Crippen LogP contribution in [-0.4, -0.2) is 113 Å². The minimum atomic E-state index is -3.01. The maximum Gasteiger partial charge on any atom is 0.335 e. The topological polar surface area (TPSA) is 215 Å². The number of esters is 4. The molecule has 2 N–H and O–H groups in total. The summed E-state index contributed by atoms with van der Waals surface area (Å²) in [4.78, 5) is 42.8. The molecule has 0 heterocycles. The molecule has 0 bridgehead atoms. The zero-order chi connectivity index (χ0) is 38.6. The number of ether oxygens (including phenoxy) is 4. The highest BCUT2D eigenvalue weighted by Crippen LogP contribution is 2.52. The summed E-state index contributed by atoms with van der Waals surface area (Å²) in [6.07, 6.45) is -1.74. The van der Waals surface area contributed by atoms with E-state index in [2.05, 4.69) is 14.2 Å². The average molecular weight is 806 g/mol. The van der Waals surface area contributed by atoms with Gasteiger partial charge >= 0.3 is 23.9 Å². The maximum atomic E-state index is 11.1. The van der Waals surface area contributed by atoms with Crippen LogP contribution in [-0.2, 0) is 60.9 Å². The molecule has 284 valence electrons. The van der Waals surface area contributed by atoms with Crippen molar-refractivity contribution in [3.05, 3.63) is 0 Å². The first kappa shape index (κ1) is 55.7. The Bertz CT molecular complexity index is 989. The van der Waals surface area contributed by atoms with E-state index in [1.54, 1.807) is 41.5 Å². The zero-order valence-electron chi connectivity index (χ0n) is 29.2. The Hall–Kier alpha value is -0.720. The Balaban J connectivity index is -0.000000161. The van der Waals surface area contributed by atoms with Crippen LogP contribution in [0.15, 0.2) is 0 Å². The zero-order valence-corrected chi connectivity index (χ0v) is 34.2. The molecule has 0 aromatic rings. The molecule has 0 rings (SSSR count). The van der Waals surface area contributed by atoms with E-state index in [1.165, 1.54) is 40.5 Å². The first-order valence-electron chi connectivity index (χ1n) is 14.2. The largest absolute Gasteiger partial charge is 0.466 e. The van der Waals surface area contributed by atoms with Crippen LogP contribution < -0.4 is 0 Å². The van der Waals surface area contributed by atoms with Gasteiger partial charge in [0.05, 0.1) is 51.5 Å². The summed E-state index contributed by atoms with van der Waals surface area (Å²) in [5.41, 5.74) is 0. The van der Waals surface area contributed by atoms with Gasteiger partial charge in [0, 0.05) is 26.7 Å². The number of halogens is 3. The van der Waals surface area contributed by atoms with E-state index < -0.39 is 50.0 Å². The predicted octanol–water partition coefficient (Wildman–Crippen LogP) is 6.15. The van der Waals surface area contributed by atoms with E-state index in [-0.39, 0.29) is 31.1 Å². The van der Waals surface area contributed by atoms with E-state index in [0.29, 0.717) is 26.4 Å². The van der Waals surface area contributed by atoms with Gasteiger partial charge < -0.3 is 38.2 Å². The van der Waals surface area contributed by atoms with E-state index in [0.717, 1.165) is 0 Å². The number of aliphatic hydroxyl groups is 2. The minimum Gasteiger partial charge on any atom is -0.466 e. The SMILES string of the molecule is CCOC(=O)C(C)CO.CCOC(=O)C(C)COP(C)(=O)Cl.CCOC(=O)C(C)O.CCOC(=O)C(C)OP(C)(C)=O.CP(=O)(Cl)Cl. The third-order valence-electron chi connectivity index (χ3n) is 3.87. The van der Waals surface area contributed by atoms with Crippen molar-refractivity contribution in [2.75, 3.05) is 66.3 Å². The van der Waals surface area contributed by atoms with Gasteiger partial charge in [-0.3, -0.25) is 23.3 Å². The summed E-state index contributed by atoms with van der Waals surface area (Å²) in [7, 11) is -2.60.